The summed E-state index contributed by atoms with van der Waals surface area (Å²) in [5, 5.41) is 9.76. The molecule has 0 fully saturated rings. The molecule has 0 spiro atoms. The van der Waals surface area contributed by atoms with E-state index < -0.39 is 18.9 Å². The lowest BCUT2D eigenvalue weighted by molar-refractivity contribution is -0.176. The molecule has 1 atom stereocenters. The summed E-state index contributed by atoms with van der Waals surface area (Å²) in [5.41, 5.74) is 0.630. The minimum absolute atomic E-state index is 0.183. The average Bonchev–Trinajstić information content (AvgIpc) is 2.44. The summed E-state index contributed by atoms with van der Waals surface area (Å²) >= 11 is 1.16. The third-order valence-corrected chi connectivity index (χ3v) is 3.05. The summed E-state index contributed by atoms with van der Waals surface area (Å²) in [6.07, 6.45) is -4.98. The van der Waals surface area contributed by atoms with Gasteiger partial charge in [0.25, 0.3) is 0 Å². The number of aromatic nitrogens is 1. The van der Waals surface area contributed by atoms with Crippen molar-refractivity contribution in [2.75, 3.05) is 6.61 Å². The summed E-state index contributed by atoms with van der Waals surface area (Å²) in [4.78, 5) is 4.68. The number of thiazole rings is 1. The van der Waals surface area contributed by atoms with Crippen molar-refractivity contribution in [2.45, 2.75) is 32.7 Å². The fourth-order valence-corrected chi connectivity index (χ4v) is 2.11. The van der Waals surface area contributed by atoms with Gasteiger partial charge in [0.05, 0.1) is 23.3 Å². The Hall–Kier alpha value is -0.660. The maximum absolute atomic E-state index is 11.8. The van der Waals surface area contributed by atoms with Gasteiger partial charge in [-0.15, -0.1) is 11.3 Å². The molecule has 0 aliphatic carbocycles. The maximum atomic E-state index is 11.8. The Kier molecular flexibility index (Phi) is 4.28. The monoisotopic (exact) mass is 255 g/mol. The van der Waals surface area contributed by atoms with E-state index in [4.69, 9.17) is 0 Å². The number of alkyl halides is 3. The molecular weight excluding hydrogens is 243 g/mol. The molecule has 1 aromatic heterocycles. The lowest BCUT2D eigenvalue weighted by atomic mass is 10.3. The number of aliphatic hydroxyl groups excluding tert-OH is 1. The predicted octanol–water partition coefficient (Wildman–Crippen LogP) is 2.58. The normalized spacial score (nSPS) is 14.1. The second-order valence-electron chi connectivity index (χ2n) is 3.34. The Balaban J connectivity index is 2.52. The fourth-order valence-electron chi connectivity index (χ4n) is 1.17. The highest BCUT2D eigenvalue weighted by atomic mass is 32.1. The minimum atomic E-state index is -4.32. The predicted molar refractivity (Wildman–Crippen MR) is 53.2 cm³/mol. The van der Waals surface area contributed by atoms with Crippen molar-refractivity contribution < 1.29 is 23.0 Å². The van der Waals surface area contributed by atoms with E-state index in [-0.39, 0.29) is 6.61 Å². The first-order chi connectivity index (χ1) is 7.29. The molecule has 1 heterocycles. The Morgan fingerprint density at radius 2 is 2.12 bits per heavy atom. The molecule has 0 saturated carbocycles. The Morgan fingerprint density at radius 3 is 2.56 bits per heavy atom. The first kappa shape index (κ1) is 13.4. The molecule has 16 heavy (non-hydrogen) atoms. The van der Waals surface area contributed by atoms with Crippen LogP contribution in [-0.4, -0.2) is 22.9 Å². The van der Waals surface area contributed by atoms with Crippen LogP contribution in [0.2, 0.25) is 0 Å². The van der Waals surface area contributed by atoms with E-state index in [2.05, 4.69) is 9.72 Å². The molecule has 0 saturated heterocycles. The van der Waals surface area contributed by atoms with Gasteiger partial charge in [0.2, 0.25) is 0 Å². The minimum Gasteiger partial charge on any atom is -0.388 e. The molecule has 1 aromatic rings. The molecule has 1 unspecified atom stereocenters. The summed E-state index contributed by atoms with van der Waals surface area (Å²) in [5.74, 6) is 0. The van der Waals surface area contributed by atoms with Crippen molar-refractivity contribution >= 4 is 11.3 Å². The van der Waals surface area contributed by atoms with Gasteiger partial charge in [0, 0.05) is 0 Å². The van der Waals surface area contributed by atoms with Gasteiger partial charge in [0.15, 0.2) is 0 Å². The molecule has 1 N–H and O–H groups in total. The quantitative estimate of drug-likeness (QED) is 0.899. The topological polar surface area (TPSA) is 42.4 Å². The molecule has 0 radical (unpaired) electrons. The number of aliphatic hydroxyl groups is 1. The molecule has 7 heteroatoms. The smallest absolute Gasteiger partial charge is 0.388 e. The zero-order valence-electron chi connectivity index (χ0n) is 8.84. The number of ether oxygens (including phenoxy) is 1. The van der Waals surface area contributed by atoms with E-state index >= 15 is 0 Å². The summed E-state index contributed by atoms with van der Waals surface area (Å²) in [6.45, 7) is 1.82. The van der Waals surface area contributed by atoms with Gasteiger partial charge < -0.3 is 9.84 Å². The van der Waals surface area contributed by atoms with Crippen LogP contribution in [0.3, 0.4) is 0 Å². The van der Waals surface area contributed by atoms with Gasteiger partial charge in [-0.2, -0.15) is 13.2 Å². The number of aryl methyl sites for hydroxylation is 1. The van der Waals surface area contributed by atoms with Crippen LogP contribution in [0.25, 0.3) is 0 Å². The molecule has 1 rings (SSSR count). The van der Waals surface area contributed by atoms with Gasteiger partial charge in [-0.05, 0) is 13.8 Å². The number of nitrogens with zero attached hydrogens (tertiary/aromatic N) is 1. The molecule has 0 aliphatic heterocycles. The van der Waals surface area contributed by atoms with Crippen molar-refractivity contribution in [1.29, 1.82) is 0 Å². The maximum Gasteiger partial charge on any atom is 0.411 e. The second-order valence-corrected chi connectivity index (χ2v) is 4.46. The highest BCUT2D eigenvalue weighted by molar-refractivity contribution is 7.11. The fraction of sp³-hybridized carbons (Fsp3) is 0.667. The van der Waals surface area contributed by atoms with Gasteiger partial charge in [-0.25, -0.2) is 4.98 Å². The molecular formula is C9H12F3NO2S. The lowest BCUT2D eigenvalue weighted by Gasteiger charge is -2.05. The van der Waals surface area contributed by atoms with Crippen molar-refractivity contribution in [3.63, 3.8) is 0 Å². The van der Waals surface area contributed by atoms with Crippen LogP contribution in [0, 0.1) is 6.92 Å². The average molecular weight is 255 g/mol. The van der Waals surface area contributed by atoms with E-state index in [0.29, 0.717) is 15.6 Å². The summed E-state index contributed by atoms with van der Waals surface area (Å²) in [6, 6.07) is 0. The molecule has 0 amide bonds. The Labute approximate surface area is 94.9 Å². The van der Waals surface area contributed by atoms with Crippen molar-refractivity contribution in [3.05, 3.63) is 15.6 Å². The third kappa shape index (κ3) is 4.07. The van der Waals surface area contributed by atoms with Crippen LogP contribution < -0.4 is 0 Å². The van der Waals surface area contributed by atoms with Gasteiger partial charge in [-0.1, -0.05) is 0 Å². The van der Waals surface area contributed by atoms with E-state index in [0.717, 1.165) is 11.3 Å². The van der Waals surface area contributed by atoms with Gasteiger partial charge in [0.1, 0.15) is 11.6 Å². The number of hydrogen-bond acceptors (Lipinski definition) is 4. The SMILES string of the molecule is Cc1nc(COCC(F)(F)F)sc1C(C)O. The Morgan fingerprint density at radius 1 is 1.50 bits per heavy atom. The summed E-state index contributed by atoms with van der Waals surface area (Å²) in [7, 11) is 0. The first-order valence-corrected chi connectivity index (χ1v) is 5.40. The first-order valence-electron chi connectivity index (χ1n) is 4.58. The number of halogens is 3. The largest absolute Gasteiger partial charge is 0.411 e. The van der Waals surface area contributed by atoms with Gasteiger partial charge in [-0.3, -0.25) is 0 Å². The zero-order chi connectivity index (χ0) is 12.3. The molecule has 92 valence electrons. The second kappa shape index (κ2) is 5.11. The van der Waals surface area contributed by atoms with E-state index in [1.165, 1.54) is 0 Å². The zero-order valence-corrected chi connectivity index (χ0v) is 9.65. The number of rotatable bonds is 4. The molecule has 0 aliphatic rings. The standard InChI is InChI=1S/C9H12F3NO2S/c1-5-8(6(2)14)16-7(13-5)3-15-4-9(10,11)12/h6,14H,3-4H2,1-2H3. The molecule has 0 aromatic carbocycles. The van der Waals surface area contributed by atoms with Crippen LogP contribution in [0.1, 0.15) is 28.6 Å². The van der Waals surface area contributed by atoms with Crippen molar-refractivity contribution in [1.82, 2.24) is 4.98 Å². The molecule has 3 nitrogen and oxygen atoms in total. The third-order valence-electron chi connectivity index (χ3n) is 1.75. The highest BCUT2D eigenvalue weighted by Gasteiger charge is 2.27. The van der Waals surface area contributed by atoms with Crippen molar-refractivity contribution in [2.24, 2.45) is 0 Å². The van der Waals surface area contributed by atoms with Crippen LogP contribution >= 0.6 is 11.3 Å². The highest BCUT2D eigenvalue weighted by Crippen LogP contribution is 2.25. The number of hydrogen-bond donors (Lipinski definition) is 1. The van der Waals surface area contributed by atoms with E-state index in [1.54, 1.807) is 13.8 Å². The molecule has 0 bridgehead atoms. The van der Waals surface area contributed by atoms with Gasteiger partial charge >= 0.3 is 6.18 Å². The summed E-state index contributed by atoms with van der Waals surface area (Å²) < 4.78 is 39.8. The van der Waals surface area contributed by atoms with E-state index in [1.807, 2.05) is 0 Å². The lowest BCUT2D eigenvalue weighted by Crippen LogP contribution is -2.16. The van der Waals surface area contributed by atoms with E-state index in [9.17, 15) is 18.3 Å². The van der Waals surface area contributed by atoms with Crippen LogP contribution in [0.4, 0.5) is 13.2 Å². The van der Waals surface area contributed by atoms with Crippen molar-refractivity contribution in [3.8, 4) is 0 Å². The Bertz CT molecular complexity index is 349. The van der Waals surface area contributed by atoms with Crippen LogP contribution in [0.5, 0.6) is 0 Å². The van der Waals surface area contributed by atoms with Crippen LogP contribution in [0.15, 0.2) is 0 Å². The van der Waals surface area contributed by atoms with Crippen LogP contribution in [-0.2, 0) is 11.3 Å².